The number of hydrogen-bond acceptors (Lipinski definition) is 4. The van der Waals surface area contributed by atoms with Crippen LogP contribution in [0.1, 0.15) is 17.2 Å². The van der Waals surface area contributed by atoms with E-state index in [4.69, 9.17) is 4.74 Å². The number of ether oxygens (including phenoxy) is 1. The predicted octanol–water partition coefficient (Wildman–Crippen LogP) is 3.13. The highest BCUT2D eigenvalue weighted by molar-refractivity contribution is 14.1. The monoisotopic (exact) mass is 414 g/mol. The number of carbonyl (C=O) groups is 1. The van der Waals surface area contributed by atoms with Gasteiger partial charge in [0.25, 0.3) is 0 Å². The molecule has 3 rings (SSSR count). The highest BCUT2D eigenvalue weighted by Crippen LogP contribution is 2.40. The molecule has 22 heavy (non-hydrogen) atoms. The summed E-state index contributed by atoms with van der Waals surface area (Å²) in [6.45, 7) is 1.79. The summed E-state index contributed by atoms with van der Waals surface area (Å²) in [5.74, 6) is -1.06. The maximum atomic E-state index is 14.0. The number of anilines is 1. The fraction of sp³-hybridized carbons (Fsp3) is 0.200. The molecule has 2 N–H and O–H groups in total. The van der Waals surface area contributed by atoms with Gasteiger partial charge >= 0.3 is 5.97 Å². The van der Waals surface area contributed by atoms with Crippen molar-refractivity contribution < 1.29 is 19.0 Å². The van der Waals surface area contributed by atoms with Crippen LogP contribution in [0.2, 0.25) is 0 Å². The summed E-state index contributed by atoms with van der Waals surface area (Å²) in [6.07, 6.45) is 2.02. The summed E-state index contributed by atoms with van der Waals surface area (Å²) in [4.78, 5) is 15.5. The standard InChI is InChI=1S/C15H12FIN2O3/c1-7-5-18-6-9-12(14(15(20)21)22-13(7)9)19-11-3-2-8(17)4-10(11)16/h2-6,12,14,19H,1H3,(H,20,21). The van der Waals surface area contributed by atoms with Crippen molar-refractivity contribution in [2.75, 3.05) is 5.32 Å². The minimum absolute atomic E-state index is 0.231. The topological polar surface area (TPSA) is 71.5 Å². The zero-order chi connectivity index (χ0) is 15.9. The van der Waals surface area contributed by atoms with E-state index in [1.165, 1.54) is 6.07 Å². The van der Waals surface area contributed by atoms with Crippen LogP contribution in [0.4, 0.5) is 10.1 Å². The minimum Gasteiger partial charge on any atom is -0.478 e. The van der Waals surface area contributed by atoms with Gasteiger partial charge in [0, 0.05) is 27.1 Å². The third-order valence-corrected chi connectivity index (χ3v) is 4.14. The number of fused-ring (bicyclic) bond motifs is 1. The molecule has 2 heterocycles. The van der Waals surface area contributed by atoms with Gasteiger partial charge in [-0.05, 0) is 47.7 Å². The van der Waals surface area contributed by atoms with Crippen molar-refractivity contribution in [3.63, 3.8) is 0 Å². The van der Waals surface area contributed by atoms with Gasteiger partial charge in [0.05, 0.1) is 5.69 Å². The molecule has 0 saturated heterocycles. The lowest BCUT2D eigenvalue weighted by molar-refractivity contribution is -0.144. The number of carboxylic acids is 1. The molecule has 2 atom stereocenters. The number of aryl methyl sites for hydroxylation is 1. The quantitative estimate of drug-likeness (QED) is 0.756. The number of hydrogen-bond donors (Lipinski definition) is 2. The molecule has 1 aromatic heterocycles. The second kappa shape index (κ2) is 5.71. The van der Waals surface area contributed by atoms with E-state index >= 15 is 0 Å². The zero-order valence-corrected chi connectivity index (χ0v) is 13.7. The first kappa shape index (κ1) is 15.0. The summed E-state index contributed by atoms with van der Waals surface area (Å²) in [5.41, 5.74) is 1.59. The Balaban J connectivity index is 2.00. The zero-order valence-electron chi connectivity index (χ0n) is 11.5. The number of pyridine rings is 1. The first-order chi connectivity index (χ1) is 10.5. The van der Waals surface area contributed by atoms with Crippen LogP contribution in [-0.2, 0) is 4.79 Å². The van der Waals surface area contributed by atoms with Crippen LogP contribution in [0, 0.1) is 16.3 Å². The number of carboxylic acid groups (broad SMARTS) is 1. The van der Waals surface area contributed by atoms with Crippen LogP contribution < -0.4 is 10.1 Å². The SMILES string of the molecule is Cc1cncc2c1OC(C(=O)O)C2Nc1ccc(I)cc1F. The second-order valence-electron chi connectivity index (χ2n) is 5.00. The Morgan fingerprint density at radius 1 is 1.45 bits per heavy atom. The van der Waals surface area contributed by atoms with E-state index in [2.05, 4.69) is 10.3 Å². The summed E-state index contributed by atoms with van der Waals surface area (Å²) in [7, 11) is 0. The fourth-order valence-electron chi connectivity index (χ4n) is 2.44. The van der Waals surface area contributed by atoms with Crippen molar-refractivity contribution in [3.05, 3.63) is 51.1 Å². The molecule has 1 aliphatic heterocycles. The van der Waals surface area contributed by atoms with Crippen LogP contribution in [0.3, 0.4) is 0 Å². The molecule has 2 aromatic rings. The van der Waals surface area contributed by atoms with Crippen molar-refractivity contribution in [2.24, 2.45) is 0 Å². The van der Waals surface area contributed by atoms with E-state index < -0.39 is 23.9 Å². The average Bonchev–Trinajstić information content (AvgIpc) is 2.82. The summed E-state index contributed by atoms with van der Waals surface area (Å²) in [5, 5.41) is 12.3. The highest BCUT2D eigenvalue weighted by Gasteiger charge is 2.40. The number of rotatable bonds is 3. The lowest BCUT2D eigenvalue weighted by atomic mass is 10.0. The lowest BCUT2D eigenvalue weighted by Crippen LogP contribution is -2.33. The molecular formula is C15H12FIN2O3. The van der Waals surface area contributed by atoms with Gasteiger partial charge in [0.2, 0.25) is 6.10 Å². The largest absolute Gasteiger partial charge is 0.478 e. The number of halogens is 2. The maximum Gasteiger partial charge on any atom is 0.347 e. The van der Waals surface area contributed by atoms with E-state index in [0.717, 1.165) is 9.13 Å². The van der Waals surface area contributed by atoms with Gasteiger partial charge in [-0.1, -0.05) is 0 Å². The fourth-order valence-corrected chi connectivity index (χ4v) is 2.89. The molecule has 0 amide bonds. The van der Waals surface area contributed by atoms with Crippen molar-refractivity contribution in [1.29, 1.82) is 0 Å². The Kier molecular flexibility index (Phi) is 3.90. The average molecular weight is 414 g/mol. The van der Waals surface area contributed by atoms with Crippen molar-refractivity contribution >= 4 is 34.2 Å². The van der Waals surface area contributed by atoms with E-state index in [9.17, 15) is 14.3 Å². The lowest BCUT2D eigenvalue weighted by Gasteiger charge is -2.18. The Hall–Kier alpha value is -1.90. The number of nitrogens with zero attached hydrogens (tertiary/aromatic N) is 1. The molecular weight excluding hydrogens is 402 g/mol. The van der Waals surface area contributed by atoms with E-state index in [0.29, 0.717) is 11.3 Å². The second-order valence-corrected chi connectivity index (χ2v) is 6.24. The van der Waals surface area contributed by atoms with Gasteiger partial charge in [-0.15, -0.1) is 0 Å². The van der Waals surface area contributed by atoms with E-state index in [1.807, 2.05) is 22.6 Å². The Labute approximate surface area is 139 Å². The smallest absolute Gasteiger partial charge is 0.347 e. The Bertz CT molecular complexity index is 754. The molecule has 0 spiro atoms. The van der Waals surface area contributed by atoms with Crippen molar-refractivity contribution in [3.8, 4) is 5.75 Å². The van der Waals surface area contributed by atoms with Gasteiger partial charge in [-0.2, -0.15) is 0 Å². The molecule has 0 aliphatic carbocycles. The van der Waals surface area contributed by atoms with E-state index in [-0.39, 0.29) is 5.69 Å². The van der Waals surface area contributed by atoms with Gasteiger partial charge in [-0.25, -0.2) is 9.18 Å². The first-order valence-corrected chi connectivity index (χ1v) is 7.61. The maximum absolute atomic E-state index is 14.0. The summed E-state index contributed by atoms with van der Waals surface area (Å²) < 4.78 is 20.3. The van der Waals surface area contributed by atoms with Gasteiger partial charge in [0.15, 0.2) is 0 Å². The number of aromatic nitrogens is 1. The molecule has 0 bridgehead atoms. The summed E-state index contributed by atoms with van der Waals surface area (Å²) in [6, 6.07) is 4.00. The van der Waals surface area contributed by atoms with Crippen LogP contribution in [0.25, 0.3) is 0 Å². The van der Waals surface area contributed by atoms with Crippen molar-refractivity contribution in [2.45, 2.75) is 19.1 Å². The molecule has 5 nitrogen and oxygen atoms in total. The minimum atomic E-state index is -1.13. The van der Waals surface area contributed by atoms with Crippen LogP contribution >= 0.6 is 22.6 Å². The molecule has 1 aromatic carbocycles. The molecule has 1 aliphatic rings. The normalized spacial score (nSPS) is 19.4. The van der Waals surface area contributed by atoms with Gasteiger partial charge in [0.1, 0.15) is 17.6 Å². The highest BCUT2D eigenvalue weighted by atomic mass is 127. The van der Waals surface area contributed by atoms with Crippen LogP contribution in [0.15, 0.2) is 30.6 Å². The molecule has 0 radical (unpaired) electrons. The molecule has 2 unspecified atom stereocenters. The Morgan fingerprint density at radius 3 is 2.91 bits per heavy atom. The number of aliphatic carboxylic acids is 1. The first-order valence-electron chi connectivity index (χ1n) is 6.53. The number of nitrogens with one attached hydrogen (secondary N) is 1. The third-order valence-electron chi connectivity index (χ3n) is 3.47. The van der Waals surface area contributed by atoms with E-state index in [1.54, 1.807) is 31.5 Å². The van der Waals surface area contributed by atoms with Gasteiger partial charge < -0.3 is 15.2 Å². The van der Waals surface area contributed by atoms with Crippen LogP contribution in [0.5, 0.6) is 5.75 Å². The van der Waals surface area contributed by atoms with Gasteiger partial charge in [-0.3, -0.25) is 4.98 Å². The molecule has 0 fully saturated rings. The van der Waals surface area contributed by atoms with Crippen molar-refractivity contribution in [1.82, 2.24) is 4.98 Å². The summed E-state index contributed by atoms with van der Waals surface area (Å²) >= 11 is 2.01. The number of benzene rings is 1. The Morgan fingerprint density at radius 2 is 2.23 bits per heavy atom. The molecule has 114 valence electrons. The predicted molar refractivity (Wildman–Crippen MR) is 86.5 cm³/mol. The molecule has 7 heteroatoms. The molecule has 0 saturated carbocycles. The van der Waals surface area contributed by atoms with Crippen LogP contribution in [-0.4, -0.2) is 22.2 Å². The third kappa shape index (κ3) is 2.60.